The van der Waals surface area contributed by atoms with Crippen molar-refractivity contribution in [1.82, 2.24) is 10.6 Å². The standard InChI is InChI=1S/C15H24N2O2/c1-12(2)8-11-19-14-6-4-13(5-7-14)15(18)17-10-9-16-3/h4-7,12,16H,8-11H2,1-3H3,(H,17,18). The molecule has 0 bridgehead atoms. The van der Waals surface area contributed by atoms with Crippen molar-refractivity contribution >= 4 is 5.91 Å². The van der Waals surface area contributed by atoms with Gasteiger partial charge < -0.3 is 15.4 Å². The summed E-state index contributed by atoms with van der Waals surface area (Å²) in [4.78, 5) is 11.8. The van der Waals surface area contributed by atoms with Crippen LogP contribution in [0.3, 0.4) is 0 Å². The van der Waals surface area contributed by atoms with Crippen molar-refractivity contribution in [2.45, 2.75) is 20.3 Å². The molecule has 0 atom stereocenters. The Morgan fingerprint density at radius 2 is 1.89 bits per heavy atom. The van der Waals surface area contributed by atoms with E-state index in [1.807, 2.05) is 19.2 Å². The first-order valence-electron chi connectivity index (χ1n) is 6.79. The summed E-state index contributed by atoms with van der Waals surface area (Å²) in [5, 5.41) is 5.82. The number of carbonyl (C=O) groups excluding carboxylic acids is 1. The predicted octanol–water partition coefficient (Wildman–Crippen LogP) is 2.06. The molecule has 0 spiro atoms. The molecule has 0 saturated carbocycles. The summed E-state index contributed by atoms with van der Waals surface area (Å²) in [7, 11) is 1.86. The molecule has 0 radical (unpaired) electrons. The van der Waals surface area contributed by atoms with Gasteiger partial charge in [-0.15, -0.1) is 0 Å². The smallest absolute Gasteiger partial charge is 0.251 e. The molecule has 4 nitrogen and oxygen atoms in total. The molecule has 1 amide bonds. The van der Waals surface area contributed by atoms with Crippen LogP contribution < -0.4 is 15.4 Å². The highest BCUT2D eigenvalue weighted by atomic mass is 16.5. The number of ether oxygens (including phenoxy) is 1. The third-order valence-corrected chi connectivity index (χ3v) is 2.74. The van der Waals surface area contributed by atoms with Crippen molar-refractivity contribution in [1.29, 1.82) is 0 Å². The molecule has 4 heteroatoms. The number of hydrogen-bond donors (Lipinski definition) is 2. The van der Waals surface area contributed by atoms with Crippen LogP contribution in [0.1, 0.15) is 30.6 Å². The Labute approximate surface area is 115 Å². The van der Waals surface area contributed by atoms with Gasteiger partial charge in [0.25, 0.3) is 5.91 Å². The lowest BCUT2D eigenvalue weighted by Gasteiger charge is -2.09. The van der Waals surface area contributed by atoms with Crippen LogP contribution in [0.4, 0.5) is 0 Å². The van der Waals surface area contributed by atoms with E-state index in [0.717, 1.165) is 18.7 Å². The summed E-state index contributed by atoms with van der Waals surface area (Å²) in [6.45, 7) is 6.44. The van der Waals surface area contributed by atoms with Crippen molar-refractivity contribution in [3.8, 4) is 5.75 Å². The van der Waals surface area contributed by atoms with Crippen molar-refractivity contribution in [2.75, 3.05) is 26.7 Å². The zero-order valence-electron chi connectivity index (χ0n) is 12.0. The fourth-order valence-electron chi connectivity index (χ4n) is 1.52. The molecule has 2 N–H and O–H groups in total. The first kappa shape index (κ1) is 15.5. The normalized spacial score (nSPS) is 10.5. The molecule has 106 valence electrons. The van der Waals surface area contributed by atoms with Gasteiger partial charge in [0.05, 0.1) is 6.61 Å². The van der Waals surface area contributed by atoms with Crippen LogP contribution in [0.5, 0.6) is 5.75 Å². The highest BCUT2D eigenvalue weighted by Gasteiger charge is 2.04. The van der Waals surface area contributed by atoms with Crippen molar-refractivity contribution in [3.63, 3.8) is 0 Å². The van der Waals surface area contributed by atoms with Gasteiger partial charge in [-0.1, -0.05) is 13.8 Å². The van der Waals surface area contributed by atoms with Gasteiger partial charge in [-0.3, -0.25) is 4.79 Å². The zero-order valence-corrected chi connectivity index (χ0v) is 12.0. The molecule has 1 aromatic rings. The summed E-state index contributed by atoms with van der Waals surface area (Å²) >= 11 is 0. The first-order valence-corrected chi connectivity index (χ1v) is 6.79. The van der Waals surface area contributed by atoms with Crippen LogP contribution in [0.25, 0.3) is 0 Å². The summed E-state index contributed by atoms with van der Waals surface area (Å²) in [5.74, 6) is 1.40. The minimum Gasteiger partial charge on any atom is -0.494 e. The largest absolute Gasteiger partial charge is 0.494 e. The molecule has 0 aliphatic carbocycles. The van der Waals surface area contributed by atoms with E-state index in [4.69, 9.17) is 4.74 Å². The second-order valence-electron chi connectivity index (χ2n) is 4.91. The first-order chi connectivity index (χ1) is 9.13. The molecule has 0 heterocycles. The van der Waals surface area contributed by atoms with E-state index in [0.29, 0.717) is 24.6 Å². The fourth-order valence-corrected chi connectivity index (χ4v) is 1.52. The summed E-state index contributed by atoms with van der Waals surface area (Å²) in [5.41, 5.74) is 0.660. The molecule has 0 unspecified atom stereocenters. The number of likely N-dealkylation sites (N-methyl/N-ethyl adjacent to an activating group) is 1. The Kier molecular flexibility index (Phi) is 6.97. The molecule has 0 aliphatic rings. The maximum absolute atomic E-state index is 11.8. The third kappa shape index (κ3) is 6.25. The van der Waals surface area contributed by atoms with E-state index < -0.39 is 0 Å². The number of carbonyl (C=O) groups is 1. The van der Waals surface area contributed by atoms with E-state index in [-0.39, 0.29) is 5.91 Å². The lowest BCUT2D eigenvalue weighted by molar-refractivity contribution is 0.0954. The maximum Gasteiger partial charge on any atom is 0.251 e. The predicted molar refractivity (Wildman–Crippen MR) is 77.7 cm³/mol. The van der Waals surface area contributed by atoms with Crippen LogP contribution in [-0.2, 0) is 0 Å². The van der Waals surface area contributed by atoms with E-state index in [2.05, 4.69) is 24.5 Å². The number of benzene rings is 1. The van der Waals surface area contributed by atoms with Crippen LogP contribution >= 0.6 is 0 Å². The molecule has 0 saturated heterocycles. The van der Waals surface area contributed by atoms with Gasteiger partial charge in [0, 0.05) is 18.7 Å². The van der Waals surface area contributed by atoms with Crippen LogP contribution in [-0.4, -0.2) is 32.7 Å². The average molecular weight is 264 g/mol. The molecule has 1 aromatic carbocycles. The van der Waals surface area contributed by atoms with Gasteiger partial charge in [-0.25, -0.2) is 0 Å². The quantitative estimate of drug-likeness (QED) is 0.707. The maximum atomic E-state index is 11.8. The topological polar surface area (TPSA) is 50.4 Å². The number of amides is 1. The number of nitrogens with one attached hydrogen (secondary N) is 2. The minimum absolute atomic E-state index is 0.0519. The second-order valence-corrected chi connectivity index (χ2v) is 4.91. The molecule has 0 aromatic heterocycles. The van der Waals surface area contributed by atoms with Crippen molar-refractivity contribution < 1.29 is 9.53 Å². The van der Waals surface area contributed by atoms with Crippen molar-refractivity contribution in [3.05, 3.63) is 29.8 Å². The Morgan fingerprint density at radius 1 is 1.21 bits per heavy atom. The van der Waals surface area contributed by atoms with E-state index in [9.17, 15) is 4.79 Å². The Morgan fingerprint density at radius 3 is 2.47 bits per heavy atom. The average Bonchev–Trinajstić information content (AvgIpc) is 2.39. The molecular formula is C15H24N2O2. The molecule has 0 fully saturated rings. The lowest BCUT2D eigenvalue weighted by Crippen LogP contribution is -2.30. The van der Waals surface area contributed by atoms with Crippen LogP contribution in [0.2, 0.25) is 0 Å². The van der Waals surface area contributed by atoms with Crippen molar-refractivity contribution in [2.24, 2.45) is 5.92 Å². The Hall–Kier alpha value is -1.55. The second kappa shape index (κ2) is 8.53. The Balaban J connectivity index is 2.40. The highest BCUT2D eigenvalue weighted by Crippen LogP contribution is 2.13. The van der Waals surface area contributed by atoms with Gasteiger partial charge >= 0.3 is 0 Å². The van der Waals surface area contributed by atoms with Gasteiger partial charge in [0.2, 0.25) is 0 Å². The molecule has 0 aliphatic heterocycles. The van der Waals surface area contributed by atoms with Gasteiger partial charge in [-0.2, -0.15) is 0 Å². The monoisotopic (exact) mass is 264 g/mol. The van der Waals surface area contributed by atoms with Crippen LogP contribution in [0.15, 0.2) is 24.3 Å². The summed E-state index contributed by atoms with van der Waals surface area (Å²) in [6, 6.07) is 7.26. The van der Waals surface area contributed by atoms with Gasteiger partial charge in [0.1, 0.15) is 5.75 Å². The molecular weight excluding hydrogens is 240 g/mol. The summed E-state index contributed by atoms with van der Waals surface area (Å²) in [6.07, 6.45) is 1.03. The van der Waals surface area contributed by atoms with Gasteiger partial charge in [-0.05, 0) is 43.7 Å². The highest BCUT2D eigenvalue weighted by molar-refractivity contribution is 5.94. The van der Waals surface area contributed by atoms with Gasteiger partial charge in [0.15, 0.2) is 0 Å². The minimum atomic E-state index is -0.0519. The van der Waals surface area contributed by atoms with E-state index in [1.54, 1.807) is 12.1 Å². The molecule has 19 heavy (non-hydrogen) atoms. The third-order valence-electron chi connectivity index (χ3n) is 2.74. The molecule has 1 rings (SSSR count). The Bertz CT molecular complexity index is 374. The number of hydrogen-bond acceptors (Lipinski definition) is 3. The number of rotatable bonds is 8. The summed E-state index contributed by atoms with van der Waals surface area (Å²) < 4.78 is 5.61. The van der Waals surface area contributed by atoms with Crippen LogP contribution in [0, 0.1) is 5.92 Å². The zero-order chi connectivity index (χ0) is 14.1. The fraction of sp³-hybridized carbons (Fsp3) is 0.533. The SMILES string of the molecule is CNCCNC(=O)c1ccc(OCCC(C)C)cc1. The van der Waals surface area contributed by atoms with E-state index >= 15 is 0 Å². The lowest BCUT2D eigenvalue weighted by atomic mass is 10.1. The van der Waals surface area contributed by atoms with E-state index in [1.165, 1.54) is 0 Å².